The summed E-state index contributed by atoms with van der Waals surface area (Å²) in [5, 5.41) is 10.5. The Labute approximate surface area is 131 Å². The van der Waals surface area contributed by atoms with Crippen LogP contribution in [0, 0.1) is 5.92 Å². The molecule has 1 N–H and O–H groups in total. The van der Waals surface area contributed by atoms with Crippen molar-refractivity contribution in [3.05, 3.63) is 29.8 Å². The van der Waals surface area contributed by atoms with Crippen LogP contribution in [0.15, 0.2) is 29.2 Å². The molecule has 0 aromatic heterocycles. The van der Waals surface area contributed by atoms with Gasteiger partial charge in [0.25, 0.3) is 0 Å². The number of piperidine rings is 1. The second-order valence-corrected chi connectivity index (χ2v) is 8.45. The van der Waals surface area contributed by atoms with E-state index in [1.54, 1.807) is 11.8 Å². The topological polar surface area (TPSA) is 57.6 Å². The zero-order chi connectivity index (χ0) is 15.5. The lowest BCUT2D eigenvalue weighted by Crippen LogP contribution is -2.39. The van der Waals surface area contributed by atoms with Crippen LogP contribution in [0.5, 0.6) is 0 Å². The predicted molar refractivity (Wildman–Crippen MR) is 86.9 cm³/mol. The van der Waals surface area contributed by atoms with Crippen LogP contribution < -0.4 is 0 Å². The molecule has 0 aliphatic carbocycles. The van der Waals surface area contributed by atoms with Gasteiger partial charge < -0.3 is 5.11 Å². The van der Waals surface area contributed by atoms with Gasteiger partial charge in [0.15, 0.2) is 0 Å². The zero-order valence-corrected chi connectivity index (χ0v) is 14.2. The Balaban J connectivity index is 2.04. The average molecular weight is 329 g/mol. The van der Waals surface area contributed by atoms with Crippen LogP contribution >= 0.6 is 11.8 Å². The molecule has 6 heteroatoms. The molecule has 0 saturated carbocycles. The number of rotatable bonds is 5. The molecule has 1 aromatic rings. The molecule has 4 nitrogen and oxygen atoms in total. The van der Waals surface area contributed by atoms with Crippen LogP contribution in [-0.4, -0.2) is 43.4 Å². The van der Waals surface area contributed by atoms with Crippen molar-refractivity contribution in [3.63, 3.8) is 0 Å². The van der Waals surface area contributed by atoms with E-state index < -0.39 is 16.1 Å². The van der Waals surface area contributed by atoms with E-state index in [4.69, 9.17) is 0 Å². The Hall–Kier alpha value is -0.560. The van der Waals surface area contributed by atoms with Gasteiger partial charge in [-0.25, -0.2) is 12.7 Å². The Morgan fingerprint density at radius 3 is 2.81 bits per heavy atom. The van der Waals surface area contributed by atoms with Gasteiger partial charge in [0.2, 0.25) is 10.0 Å². The summed E-state index contributed by atoms with van der Waals surface area (Å²) in [6.45, 7) is 1.13. The lowest BCUT2D eigenvalue weighted by molar-refractivity contribution is 0.121. The van der Waals surface area contributed by atoms with E-state index in [9.17, 15) is 13.5 Å². The predicted octanol–water partition coefficient (Wildman–Crippen LogP) is 2.50. The smallest absolute Gasteiger partial charge is 0.211 e. The van der Waals surface area contributed by atoms with Crippen molar-refractivity contribution in [2.75, 3.05) is 25.6 Å². The summed E-state index contributed by atoms with van der Waals surface area (Å²) in [7, 11) is -3.12. The molecule has 1 saturated heterocycles. The van der Waals surface area contributed by atoms with E-state index in [0.29, 0.717) is 19.5 Å². The first-order valence-electron chi connectivity index (χ1n) is 7.18. The van der Waals surface area contributed by atoms with Crippen LogP contribution in [0.3, 0.4) is 0 Å². The van der Waals surface area contributed by atoms with Gasteiger partial charge in [-0.05, 0) is 43.1 Å². The number of sulfonamides is 1. The van der Waals surface area contributed by atoms with E-state index in [1.165, 1.54) is 10.6 Å². The fourth-order valence-corrected chi connectivity index (χ4v) is 4.50. The van der Waals surface area contributed by atoms with E-state index >= 15 is 0 Å². The maximum Gasteiger partial charge on any atom is 0.211 e. The van der Waals surface area contributed by atoms with Crippen LogP contribution in [0.2, 0.25) is 0 Å². The molecule has 0 bridgehead atoms. The highest BCUT2D eigenvalue weighted by molar-refractivity contribution is 7.98. The molecule has 1 aliphatic rings. The van der Waals surface area contributed by atoms with Gasteiger partial charge in [0, 0.05) is 18.0 Å². The summed E-state index contributed by atoms with van der Waals surface area (Å²) in [6.07, 6.45) is 5.19. The van der Waals surface area contributed by atoms with Gasteiger partial charge in [0.1, 0.15) is 0 Å². The van der Waals surface area contributed by atoms with Gasteiger partial charge in [-0.3, -0.25) is 0 Å². The standard InChI is InChI=1S/C15H23NO3S2/c1-20-15-8-4-3-7-13(15)14(17)10-12-6-5-9-16(11-12)21(2,18)19/h3-4,7-8,12,14,17H,5-6,9-11H2,1-2H3. The third-order valence-electron chi connectivity index (χ3n) is 4.01. The molecule has 1 fully saturated rings. The molecule has 118 valence electrons. The summed E-state index contributed by atoms with van der Waals surface area (Å²) in [4.78, 5) is 1.08. The maximum atomic E-state index is 11.6. The number of nitrogens with zero attached hydrogens (tertiary/aromatic N) is 1. The second-order valence-electron chi connectivity index (χ2n) is 5.62. The minimum absolute atomic E-state index is 0.221. The van der Waals surface area contributed by atoms with Crippen molar-refractivity contribution in [2.45, 2.75) is 30.3 Å². The van der Waals surface area contributed by atoms with Crippen molar-refractivity contribution in [2.24, 2.45) is 5.92 Å². The molecule has 21 heavy (non-hydrogen) atoms. The van der Waals surface area contributed by atoms with E-state index in [1.807, 2.05) is 30.5 Å². The van der Waals surface area contributed by atoms with E-state index in [0.717, 1.165) is 23.3 Å². The first kappa shape index (κ1) is 16.8. The first-order chi connectivity index (χ1) is 9.91. The van der Waals surface area contributed by atoms with Gasteiger partial charge in [0.05, 0.1) is 12.4 Å². The van der Waals surface area contributed by atoms with Gasteiger partial charge in [-0.1, -0.05) is 18.2 Å². The average Bonchev–Trinajstić information content (AvgIpc) is 2.46. The van der Waals surface area contributed by atoms with Crippen molar-refractivity contribution < 1.29 is 13.5 Å². The maximum absolute atomic E-state index is 11.6. The number of thioether (sulfide) groups is 1. The minimum atomic E-state index is -3.12. The molecule has 0 amide bonds. The van der Waals surface area contributed by atoms with Gasteiger partial charge in [-0.15, -0.1) is 11.8 Å². The van der Waals surface area contributed by atoms with E-state index in [-0.39, 0.29) is 5.92 Å². The molecule has 2 atom stereocenters. The summed E-state index contributed by atoms with van der Waals surface area (Å²) in [6, 6.07) is 7.86. The van der Waals surface area contributed by atoms with Crippen molar-refractivity contribution in [1.29, 1.82) is 0 Å². The number of aliphatic hydroxyl groups excluding tert-OH is 1. The van der Waals surface area contributed by atoms with Crippen LogP contribution in [0.4, 0.5) is 0 Å². The summed E-state index contributed by atoms with van der Waals surface area (Å²) >= 11 is 1.62. The lowest BCUT2D eigenvalue weighted by Gasteiger charge is -2.32. The van der Waals surface area contributed by atoms with Crippen LogP contribution in [0.25, 0.3) is 0 Å². The second kappa shape index (κ2) is 7.13. The fraction of sp³-hybridized carbons (Fsp3) is 0.600. The third kappa shape index (κ3) is 4.45. The van der Waals surface area contributed by atoms with Gasteiger partial charge >= 0.3 is 0 Å². The molecule has 2 rings (SSSR count). The molecule has 0 spiro atoms. The number of aliphatic hydroxyl groups is 1. The summed E-state index contributed by atoms with van der Waals surface area (Å²) in [5.74, 6) is 0.221. The highest BCUT2D eigenvalue weighted by Crippen LogP contribution is 2.32. The highest BCUT2D eigenvalue weighted by Gasteiger charge is 2.28. The molecule has 1 heterocycles. The minimum Gasteiger partial charge on any atom is -0.388 e. The van der Waals surface area contributed by atoms with Crippen molar-refractivity contribution in [3.8, 4) is 0 Å². The van der Waals surface area contributed by atoms with E-state index in [2.05, 4.69) is 0 Å². The summed E-state index contributed by atoms with van der Waals surface area (Å²) in [5.41, 5.74) is 0.946. The molecule has 1 aliphatic heterocycles. The Kier molecular flexibility index (Phi) is 5.71. The third-order valence-corrected chi connectivity index (χ3v) is 6.09. The fourth-order valence-electron chi connectivity index (χ4n) is 2.90. The number of hydrogen-bond donors (Lipinski definition) is 1. The number of hydrogen-bond acceptors (Lipinski definition) is 4. The van der Waals surface area contributed by atoms with Crippen molar-refractivity contribution >= 4 is 21.8 Å². The first-order valence-corrected chi connectivity index (χ1v) is 10.2. The molecule has 1 aromatic carbocycles. The molecule has 0 radical (unpaired) electrons. The van der Waals surface area contributed by atoms with Crippen LogP contribution in [0.1, 0.15) is 30.9 Å². The van der Waals surface area contributed by atoms with Crippen molar-refractivity contribution in [1.82, 2.24) is 4.31 Å². The van der Waals surface area contributed by atoms with Crippen LogP contribution in [-0.2, 0) is 10.0 Å². The zero-order valence-electron chi connectivity index (χ0n) is 12.5. The highest BCUT2D eigenvalue weighted by atomic mass is 32.2. The quantitative estimate of drug-likeness (QED) is 0.843. The lowest BCUT2D eigenvalue weighted by atomic mass is 9.91. The normalized spacial score (nSPS) is 22.1. The molecular formula is C15H23NO3S2. The Morgan fingerprint density at radius 1 is 1.43 bits per heavy atom. The Morgan fingerprint density at radius 2 is 2.14 bits per heavy atom. The molecular weight excluding hydrogens is 306 g/mol. The monoisotopic (exact) mass is 329 g/mol. The van der Waals surface area contributed by atoms with Gasteiger partial charge in [-0.2, -0.15) is 0 Å². The molecule has 2 unspecified atom stereocenters. The SMILES string of the molecule is CSc1ccccc1C(O)CC1CCCN(S(C)(=O)=O)C1. The Bertz CT molecular complexity index is 574. The summed E-state index contributed by atoms with van der Waals surface area (Å²) < 4.78 is 24.8. The largest absolute Gasteiger partial charge is 0.388 e. The number of benzene rings is 1.